The Morgan fingerprint density at radius 3 is 2.62 bits per heavy atom. The van der Waals surface area contributed by atoms with Crippen LogP contribution in [0.5, 0.6) is 0 Å². The second-order valence-electron chi connectivity index (χ2n) is 7.53. The van der Waals surface area contributed by atoms with Gasteiger partial charge in [-0.1, -0.05) is 35.9 Å². The van der Waals surface area contributed by atoms with Gasteiger partial charge in [0.25, 0.3) is 11.5 Å². The number of para-hydroxylation sites is 1. The normalized spacial score (nSPS) is 11.0. The second-order valence-corrected chi connectivity index (χ2v) is 7.89. The minimum atomic E-state index is -0.337. The van der Waals surface area contributed by atoms with Crippen molar-refractivity contribution in [2.45, 2.75) is 20.4 Å². The van der Waals surface area contributed by atoms with Gasteiger partial charge in [0.2, 0.25) is 5.95 Å². The van der Waals surface area contributed by atoms with E-state index in [4.69, 9.17) is 11.6 Å². The molecule has 9 heteroatoms. The first-order valence-electron chi connectivity index (χ1n) is 10.2. The van der Waals surface area contributed by atoms with Crippen LogP contribution in [0.3, 0.4) is 0 Å². The number of fused-ring (bicyclic) bond motifs is 1. The Morgan fingerprint density at radius 1 is 1.12 bits per heavy atom. The van der Waals surface area contributed by atoms with Gasteiger partial charge in [0.1, 0.15) is 5.15 Å². The van der Waals surface area contributed by atoms with Crippen LogP contribution >= 0.6 is 11.6 Å². The number of aromatic nitrogens is 4. The Kier molecular flexibility index (Phi) is 5.96. The van der Waals surface area contributed by atoms with E-state index >= 15 is 0 Å². The molecule has 0 atom stereocenters. The summed E-state index contributed by atoms with van der Waals surface area (Å²) in [6, 6.07) is 15.0. The highest BCUT2D eigenvalue weighted by Crippen LogP contribution is 2.19. The van der Waals surface area contributed by atoms with E-state index < -0.39 is 0 Å². The van der Waals surface area contributed by atoms with Crippen LogP contribution in [0.15, 0.2) is 53.3 Å². The largest absolute Gasteiger partial charge is 0.350 e. The van der Waals surface area contributed by atoms with Crippen molar-refractivity contribution >= 4 is 40.0 Å². The average molecular weight is 451 g/mol. The molecular weight excluding hydrogens is 428 g/mol. The maximum Gasteiger partial charge on any atom is 0.262 e. The molecule has 2 N–H and O–H groups in total. The highest BCUT2D eigenvalue weighted by Gasteiger charge is 2.19. The van der Waals surface area contributed by atoms with Crippen molar-refractivity contribution in [1.82, 2.24) is 24.6 Å². The fourth-order valence-corrected chi connectivity index (χ4v) is 3.84. The third-order valence-corrected chi connectivity index (χ3v) is 5.57. The van der Waals surface area contributed by atoms with Gasteiger partial charge < -0.3 is 10.6 Å². The Labute approximate surface area is 189 Å². The van der Waals surface area contributed by atoms with E-state index in [2.05, 4.69) is 20.7 Å². The van der Waals surface area contributed by atoms with Crippen molar-refractivity contribution in [3.05, 3.63) is 80.9 Å². The summed E-state index contributed by atoms with van der Waals surface area (Å²) in [4.78, 5) is 30.5. The van der Waals surface area contributed by atoms with Crippen LogP contribution in [-0.2, 0) is 13.6 Å². The van der Waals surface area contributed by atoms with Crippen molar-refractivity contribution in [3.8, 4) is 0 Å². The van der Waals surface area contributed by atoms with Gasteiger partial charge in [-0.15, -0.1) is 0 Å². The average Bonchev–Trinajstić information content (AvgIpc) is 3.01. The first-order chi connectivity index (χ1) is 15.3. The van der Waals surface area contributed by atoms with Gasteiger partial charge in [-0.05, 0) is 43.7 Å². The first kappa shape index (κ1) is 21.6. The fourth-order valence-electron chi connectivity index (χ4n) is 3.58. The number of carbonyl (C=O) groups excluding carboxylic acids is 1. The van der Waals surface area contributed by atoms with E-state index in [0.29, 0.717) is 28.1 Å². The lowest BCUT2D eigenvalue weighted by atomic mass is 10.2. The summed E-state index contributed by atoms with van der Waals surface area (Å²) in [6.45, 7) is 4.16. The maximum absolute atomic E-state index is 13.2. The van der Waals surface area contributed by atoms with Crippen LogP contribution in [0.1, 0.15) is 21.6 Å². The third kappa shape index (κ3) is 4.22. The first-order valence-corrected chi connectivity index (χ1v) is 10.5. The van der Waals surface area contributed by atoms with E-state index in [0.717, 1.165) is 11.3 Å². The van der Waals surface area contributed by atoms with Crippen molar-refractivity contribution in [1.29, 1.82) is 0 Å². The molecule has 0 aliphatic rings. The van der Waals surface area contributed by atoms with E-state index in [1.54, 1.807) is 32.2 Å². The van der Waals surface area contributed by atoms with Gasteiger partial charge in [-0.25, -0.2) is 4.98 Å². The summed E-state index contributed by atoms with van der Waals surface area (Å²) in [6.07, 6.45) is 0. The Morgan fingerprint density at radius 2 is 1.91 bits per heavy atom. The van der Waals surface area contributed by atoms with Crippen LogP contribution in [0.4, 0.5) is 11.6 Å². The molecule has 0 aliphatic heterocycles. The minimum Gasteiger partial charge on any atom is -0.350 e. The number of hydrogen-bond acceptors (Lipinski definition) is 5. The molecule has 8 nitrogen and oxygen atoms in total. The molecule has 0 saturated heterocycles. The smallest absolute Gasteiger partial charge is 0.262 e. The molecule has 0 bridgehead atoms. The number of hydrogen-bond donors (Lipinski definition) is 2. The molecule has 0 radical (unpaired) electrons. The van der Waals surface area contributed by atoms with Gasteiger partial charge >= 0.3 is 0 Å². The number of halogens is 1. The monoisotopic (exact) mass is 450 g/mol. The molecule has 164 valence electrons. The molecule has 0 fully saturated rings. The number of aryl methyl sites for hydroxylation is 3. The number of nitrogens with zero attached hydrogens (tertiary/aromatic N) is 4. The molecule has 2 aromatic carbocycles. The van der Waals surface area contributed by atoms with Crippen molar-refractivity contribution in [3.63, 3.8) is 0 Å². The zero-order chi connectivity index (χ0) is 22.8. The van der Waals surface area contributed by atoms with Gasteiger partial charge in [0, 0.05) is 25.8 Å². The molecule has 0 aliphatic carbocycles. The van der Waals surface area contributed by atoms with Gasteiger partial charge in [0.15, 0.2) is 0 Å². The fraction of sp³-hybridized carbons (Fsp3) is 0.217. The summed E-state index contributed by atoms with van der Waals surface area (Å²) >= 11 is 6.19. The molecule has 4 aromatic rings. The summed E-state index contributed by atoms with van der Waals surface area (Å²) < 4.78 is 2.98. The number of anilines is 2. The molecule has 0 saturated carbocycles. The maximum atomic E-state index is 13.2. The topological polar surface area (TPSA) is 93.8 Å². The van der Waals surface area contributed by atoms with E-state index in [-0.39, 0.29) is 29.7 Å². The molecule has 1 amide bonds. The molecular formula is C23H23ClN6O2. The van der Waals surface area contributed by atoms with Crippen molar-refractivity contribution in [2.75, 3.05) is 11.9 Å². The van der Waals surface area contributed by atoms with Gasteiger partial charge in [-0.2, -0.15) is 5.10 Å². The van der Waals surface area contributed by atoms with Crippen LogP contribution in [0.25, 0.3) is 10.9 Å². The lowest BCUT2D eigenvalue weighted by molar-refractivity contribution is 0.0951. The standard InChI is InChI=1S/C23H23ClN6O2/c1-14-7-6-8-16(13-14)26-23-27-18-10-5-4-9-17(18)22(32)30(23)12-11-25-21(31)19-15(2)28-29(3)20(19)24/h4-10,13H,11-12H2,1-3H3,(H,25,31)(H,26,27). The molecule has 0 unspecified atom stereocenters. The Bertz CT molecular complexity index is 1370. The quantitative estimate of drug-likeness (QED) is 0.468. The van der Waals surface area contributed by atoms with Crippen molar-refractivity contribution < 1.29 is 4.79 Å². The van der Waals surface area contributed by atoms with Crippen molar-refractivity contribution in [2.24, 2.45) is 7.05 Å². The highest BCUT2D eigenvalue weighted by atomic mass is 35.5. The van der Waals surface area contributed by atoms with E-state index in [1.165, 1.54) is 9.25 Å². The number of benzene rings is 2. The number of rotatable bonds is 6. The highest BCUT2D eigenvalue weighted by molar-refractivity contribution is 6.33. The van der Waals surface area contributed by atoms with Crippen LogP contribution in [0, 0.1) is 13.8 Å². The Hall–Kier alpha value is -3.65. The molecule has 32 heavy (non-hydrogen) atoms. The summed E-state index contributed by atoms with van der Waals surface area (Å²) in [5.41, 5.74) is 3.20. The SMILES string of the molecule is Cc1cccc(Nc2nc3ccccc3c(=O)n2CCNC(=O)c2c(C)nn(C)c2Cl)c1. The number of carbonyl (C=O) groups is 1. The molecule has 2 aromatic heterocycles. The second kappa shape index (κ2) is 8.84. The lowest BCUT2D eigenvalue weighted by Gasteiger charge is -2.15. The minimum absolute atomic E-state index is 0.185. The van der Waals surface area contributed by atoms with E-state index in [1.807, 2.05) is 37.3 Å². The van der Waals surface area contributed by atoms with Crippen LogP contribution < -0.4 is 16.2 Å². The summed E-state index contributed by atoms with van der Waals surface area (Å²) in [5.74, 6) is 0.0692. The third-order valence-electron chi connectivity index (χ3n) is 5.14. The van der Waals surface area contributed by atoms with Crippen LogP contribution in [0.2, 0.25) is 5.15 Å². The van der Waals surface area contributed by atoms with E-state index in [9.17, 15) is 9.59 Å². The van der Waals surface area contributed by atoms with Gasteiger partial charge in [-0.3, -0.25) is 18.8 Å². The predicted molar refractivity (Wildman–Crippen MR) is 126 cm³/mol. The summed E-state index contributed by atoms with van der Waals surface area (Å²) in [7, 11) is 1.68. The zero-order valence-corrected chi connectivity index (χ0v) is 18.8. The number of amides is 1. The lowest BCUT2D eigenvalue weighted by Crippen LogP contribution is -2.32. The number of nitrogens with one attached hydrogen (secondary N) is 2. The molecule has 2 heterocycles. The van der Waals surface area contributed by atoms with Gasteiger partial charge in [0.05, 0.1) is 22.2 Å². The summed E-state index contributed by atoms with van der Waals surface area (Å²) in [5, 5.41) is 11.0. The zero-order valence-electron chi connectivity index (χ0n) is 18.0. The van der Waals surface area contributed by atoms with Crippen LogP contribution in [-0.4, -0.2) is 31.8 Å². The molecule has 4 rings (SSSR count). The predicted octanol–water partition coefficient (Wildman–Crippen LogP) is 3.57. The molecule has 0 spiro atoms. The Balaban J connectivity index is 1.62.